The van der Waals surface area contributed by atoms with E-state index in [-0.39, 0.29) is 12.1 Å². The van der Waals surface area contributed by atoms with E-state index in [0.29, 0.717) is 31.5 Å². The van der Waals surface area contributed by atoms with Gasteiger partial charge in [-0.25, -0.2) is 14.8 Å². The second kappa shape index (κ2) is 8.17. The molecule has 2 rings (SSSR count). The van der Waals surface area contributed by atoms with Crippen molar-refractivity contribution in [2.24, 2.45) is 0 Å². The first kappa shape index (κ1) is 18.3. The first-order chi connectivity index (χ1) is 11.4. The highest BCUT2D eigenvalue weighted by Gasteiger charge is 2.31. The molecule has 1 unspecified atom stereocenters. The van der Waals surface area contributed by atoms with E-state index in [9.17, 15) is 4.79 Å². The topological polar surface area (TPSA) is 73.8 Å². The van der Waals surface area contributed by atoms with Crippen molar-refractivity contribution in [2.75, 3.05) is 19.8 Å². The lowest BCUT2D eigenvalue weighted by molar-refractivity contribution is 0.00331. The fourth-order valence-corrected chi connectivity index (χ4v) is 2.54. The van der Waals surface area contributed by atoms with Gasteiger partial charge in [0.2, 0.25) is 11.8 Å². The summed E-state index contributed by atoms with van der Waals surface area (Å²) in [5.41, 5.74) is -0.501. The van der Waals surface area contributed by atoms with Gasteiger partial charge < -0.3 is 19.1 Å². The Kier molecular flexibility index (Phi) is 6.23. The second-order valence-corrected chi connectivity index (χ2v) is 6.76. The largest absolute Gasteiger partial charge is 0.478 e. The van der Waals surface area contributed by atoms with Crippen LogP contribution in [0.25, 0.3) is 0 Å². The molecule has 0 saturated carbocycles. The van der Waals surface area contributed by atoms with Gasteiger partial charge in [-0.3, -0.25) is 0 Å². The molecule has 1 aromatic heterocycles. The molecule has 0 radical (unpaired) electrons. The summed E-state index contributed by atoms with van der Waals surface area (Å²) in [7, 11) is 0. The predicted molar refractivity (Wildman–Crippen MR) is 89.3 cm³/mol. The Bertz CT molecular complexity index is 545. The molecule has 0 aliphatic carbocycles. The highest BCUT2D eigenvalue weighted by atomic mass is 16.6. The Morgan fingerprint density at radius 1 is 1.25 bits per heavy atom. The molecule has 7 heteroatoms. The second-order valence-electron chi connectivity index (χ2n) is 6.76. The Morgan fingerprint density at radius 2 is 1.96 bits per heavy atom. The zero-order valence-corrected chi connectivity index (χ0v) is 14.9. The van der Waals surface area contributed by atoms with Crippen LogP contribution in [0.5, 0.6) is 11.8 Å². The van der Waals surface area contributed by atoms with E-state index >= 15 is 0 Å². The number of likely N-dealkylation sites (tertiary alicyclic amines) is 1. The molecule has 0 N–H and O–H groups in total. The number of amides is 1. The van der Waals surface area contributed by atoms with Crippen LogP contribution in [-0.2, 0) is 4.74 Å². The van der Waals surface area contributed by atoms with E-state index in [0.717, 1.165) is 19.3 Å². The fourth-order valence-electron chi connectivity index (χ4n) is 2.54. The number of carbonyl (C=O) groups is 1. The van der Waals surface area contributed by atoms with Crippen LogP contribution in [0.1, 0.15) is 47.0 Å². The molecule has 1 saturated heterocycles. The van der Waals surface area contributed by atoms with Crippen molar-refractivity contribution < 1.29 is 19.0 Å². The first-order valence-corrected chi connectivity index (χ1v) is 8.46. The number of aromatic nitrogens is 2. The maximum atomic E-state index is 12.4. The number of carbonyl (C=O) groups excluding carboxylic acids is 1. The summed E-state index contributed by atoms with van der Waals surface area (Å²) in [5.74, 6) is 0.929. The van der Waals surface area contributed by atoms with Gasteiger partial charge in [-0.05, 0) is 47.0 Å². The van der Waals surface area contributed by atoms with E-state index in [2.05, 4.69) is 9.97 Å². The molecule has 2 heterocycles. The zero-order chi connectivity index (χ0) is 17.6. The Morgan fingerprint density at radius 3 is 2.62 bits per heavy atom. The molecule has 1 atom stereocenters. The molecule has 0 aromatic carbocycles. The van der Waals surface area contributed by atoms with Crippen LogP contribution in [-0.4, -0.2) is 52.4 Å². The fraction of sp³-hybridized carbons (Fsp3) is 0.706. The molecule has 1 amide bonds. The average Bonchev–Trinajstić information content (AvgIpc) is 2.52. The number of piperidine rings is 1. The number of rotatable bonds is 5. The van der Waals surface area contributed by atoms with Gasteiger partial charge in [-0.15, -0.1) is 0 Å². The van der Waals surface area contributed by atoms with E-state index < -0.39 is 5.60 Å². The Hall–Kier alpha value is -2.05. The lowest BCUT2D eigenvalue weighted by atomic mass is 10.0. The molecule has 1 aliphatic rings. The van der Waals surface area contributed by atoms with Crippen molar-refractivity contribution in [3.63, 3.8) is 0 Å². The minimum Gasteiger partial charge on any atom is -0.478 e. The van der Waals surface area contributed by atoms with Crippen LogP contribution in [0.3, 0.4) is 0 Å². The molecular formula is C17H27N3O4. The van der Waals surface area contributed by atoms with E-state index in [1.807, 2.05) is 27.7 Å². The highest BCUT2D eigenvalue weighted by molar-refractivity contribution is 5.68. The van der Waals surface area contributed by atoms with Crippen molar-refractivity contribution in [1.82, 2.24) is 14.9 Å². The third kappa shape index (κ3) is 5.54. The van der Waals surface area contributed by atoms with Crippen LogP contribution in [0, 0.1) is 0 Å². The lowest BCUT2D eigenvalue weighted by Gasteiger charge is -2.36. The van der Waals surface area contributed by atoms with Crippen LogP contribution < -0.4 is 9.47 Å². The summed E-state index contributed by atoms with van der Waals surface area (Å²) in [6, 6.07) is 1.64. The van der Waals surface area contributed by atoms with Gasteiger partial charge in [-0.2, -0.15) is 0 Å². The Balaban J connectivity index is 1.96. The van der Waals surface area contributed by atoms with E-state index in [1.165, 1.54) is 6.33 Å². The Labute approximate surface area is 143 Å². The molecule has 0 spiro atoms. The number of hydrogen-bond donors (Lipinski definition) is 0. The first-order valence-electron chi connectivity index (χ1n) is 8.46. The van der Waals surface area contributed by atoms with Gasteiger partial charge in [0.1, 0.15) is 18.5 Å². The van der Waals surface area contributed by atoms with Gasteiger partial charge in [-0.1, -0.05) is 0 Å². The van der Waals surface area contributed by atoms with Crippen molar-refractivity contribution in [2.45, 2.75) is 58.6 Å². The molecule has 1 aliphatic heterocycles. The average molecular weight is 337 g/mol. The third-order valence-electron chi connectivity index (χ3n) is 3.59. The lowest BCUT2D eigenvalue weighted by Crippen LogP contribution is -2.48. The zero-order valence-electron chi connectivity index (χ0n) is 14.9. The molecule has 0 bridgehead atoms. The van der Waals surface area contributed by atoms with Crippen LogP contribution in [0.15, 0.2) is 12.4 Å². The van der Waals surface area contributed by atoms with Gasteiger partial charge in [0, 0.05) is 6.54 Å². The van der Waals surface area contributed by atoms with Gasteiger partial charge in [0.05, 0.1) is 18.7 Å². The maximum absolute atomic E-state index is 12.4. The van der Waals surface area contributed by atoms with Gasteiger partial charge >= 0.3 is 6.09 Å². The van der Waals surface area contributed by atoms with Gasteiger partial charge in [0.25, 0.3) is 0 Å². The van der Waals surface area contributed by atoms with Crippen molar-refractivity contribution in [1.29, 1.82) is 0 Å². The molecule has 1 fully saturated rings. The summed E-state index contributed by atoms with van der Waals surface area (Å²) in [6.45, 7) is 9.11. The van der Waals surface area contributed by atoms with E-state index in [1.54, 1.807) is 11.0 Å². The molecule has 7 nitrogen and oxygen atoms in total. The van der Waals surface area contributed by atoms with Crippen LogP contribution in [0.4, 0.5) is 4.79 Å². The van der Waals surface area contributed by atoms with Crippen LogP contribution in [0.2, 0.25) is 0 Å². The third-order valence-corrected chi connectivity index (χ3v) is 3.59. The summed E-state index contributed by atoms with van der Waals surface area (Å²) >= 11 is 0. The molecular weight excluding hydrogens is 310 g/mol. The smallest absolute Gasteiger partial charge is 0.410 e. The standard InChI is InChI=1S/C17H27N3O4/c1-5-22-14-10-15(19-12-18-14)23-11-13-8-6-7-9-20(13)16(21)24-17(2,3)4/h10,12-13H,5-9,11H2,1-4H3. The molecule has 134 valence electrons. The predicted octanol–water partition coefficient (Wildman–Crippen LogP) is 3.04. The summed E-state index contributed by atoms with van der Waals surface area (Å²) in [4.78, 5) is 22.2. The molecule has 1 aromatic rings. The number of ether oxygens (including phenoxy) is 3. The number of hydrogen-bond acceptors (Lipinski definition) is 6. The highest BCUT2D eigenvalue weighted by Crippen LogP contribution is 2.22. The molecule has 24 heavy (non-hydrogen) atoms. The van der Waals surface area contributed by atoms with Gasteiger partial charge in [0.15, 0.2) is 0 Å². The maximum Gasteiger partial charge on any atom is 0.410 e. The van der Waals surface area contributed by atoms with Crippen LogP contribution >= 0.6 is 0 Å². The SMILES string of the molecule is CCOc1cc(OCC2CCCCN2C(=O)OC(C)(C)C)ncn1. The van der Waals surface area contributed by atoms with E-state index in [4.69, 9.17) is 14.2 Å². The minimum atomic E-state index is -0.501. The minimum absolute atomic E-state index is 0.0147. The van der Waals surface area contributed by atoms with Crippen molar-refractivity contribution in [3.05, 3.63) is 12.4 Å². The monoisotopic (exact) mass is 337 g/mol. The number of nitrogens with zero attached hydrogens (tertiary/aromatic N) is 3. The summed E-state index contributed by atoms with van der Waals surface area (Å²) in [5, 5.41) is 0. The quantitative estimate of drug-likeness (QED) is 0.822. The van der Waals surface area contributed by atoms with Crippen molar-refractivity contribution in [3.8, 4) is 11.8 Å². The normalized spacial score (nSPS) is 18.2. The summed E-state index contributed by atoms with van der Waals surface area (Å²) < 4.78 is 16.6. The van der Waals surface area contributed by atoms with Crippen molar-refractivity contribution >= 4 is 6.09 Å². The summed E-state index contributed by atoms with van der Waals surface area (Å²) in [6.07, 6.45) is 4.07.